The van der Waals surface area contributed by atoms with Gasteiger partial charge in [0.15, 0.2) is 0 Å². The Balaban J connectivity index is 3.18. The van der Waals surface area contributed by atoms with Crippen molar-refractivity contribution in [3.05, 3.63) is 29.8 Å². The molecular formula is C8H9F3Si. The predicted molar refractivity (Wildman–Crippen MR) is 44.6 cm³/mol. The Labute approximate surface area is 70.2 Å². The molecule has 0 saturated heterocycles. The van der Waals surface area contributed by atoms with Gasteiger partial charge in [-0.2, -0.15) is 0 Å². The third-order valence-corrected chi connectivity index (χ3v) is 3.21. The summed E-state index contributed by atoms with van der Waals surface area (Å²) < 4.78 is 38.4. The van der Waals surface area contributed by atoms with E-state index in [1.165, 1.54) is 13.1 Å². The molecule has 0 heterocycles. The van der Waals surface area contributed by atoms with Gasteiger partial charge in [-0.05, 0) is 30.4 Å². The maximum absolute atomic E-state index is 13.3. The molecule has 0 aliphatic carbocycles. The van der Waals surface area contributed by atoms with Gasteiger partial charge in [-0.25, -0.2) is 8.78 Å². The standard InChI is InChI=1S/C8H9F3Si/c1-12(2,11)8-4-6(9)3-7(10)5-8/h3-5H,1-2H3. The van der Waals surface area contributed by atoms with Gasteiger partial charge >= 0.3 is 0 Å². The molecule has 0 aliphatic rings. The summed E-state index contributed by atoms with van der Waals surface area (Å²) in [6, 6.07) is 2.84. The van der Waals surface area contributed by atoms with Gasteiger partial charge in [0.25, 0.3) is 8.41 Å². The van der Waals surface area contributed by atoms with E-state index in [1.54, 1.807) is 0 Å². The molecule has 0 atom stereocenters. The molecule has 4 heteroatoms. The summed E-state index contributed by atoms with van der Waals surface area (Å²) >= 11 is 0. The molecule has 0 N–H and O–H groups in total. The highest BCUT2D eigenvalue weighted by Crippen LogP contribution is 2.07. The zero-order chi connectivity index (χ0) is 9.35. The van der Waals surface area contributed by atoms with E-state index in [4.69, 9.17) is 0 Å². The quantitative estimate of drug-likeness (QED) is 0.471. The van der Waals surface area contributed by atoms with E-state index in [0.29, 0.717) is 0 Å². The first-order valence-corrected chi connectivity index (χ1v) is 6.43. The van der Waals surface area contributed by atoms with Gasteiger partial charge in [0.05, 0.1) is 0 Å². The van der Waals surface area contributed by atoms with E-state index in [1.807, 2.05) is 0 Å². The Kier molecular flexibility index (Phi) is 2.28. The van der Waals surface area contributed by atoms with Gasteiger partial charge in [0.1, 0.15) is 11.6 Å². The van der Waals surface area contributed by atoms with Crippen LogP contribution in [0.5, 0.6) is 0 Å². The maximum Gasteiger partial charge on any atom is 0.271 e. The van der Waals surface area contributed by atoms with Gasteiger partial charge in [0.2, 0.25) is 0 Å². The van der Waals surface area contributed by atoms with Crippen LogP contribution in [-0.2, 0) is 0 Å². The van der Waals surface area contributed by atoms with Crippen LogP contribution in [0, 0.1) is 11.6 Å². The lowest BCUT2D eigenvalue weighted by atomic mass is 10.3. The fraction of sp³-hybridized carbons (Fsp3) is 0.250. The average molecular weight is 190 g/mol. The van der Waals surface area contributed by atoms with Crippen molar-refractivity contribution < 1.29 is 12.9 Å². The van der Waals surface area contributed by atoms with Crippen molar-refractivity contribution in [2.75, 3.05) is 0 Å². The summed E-state index contributed by atoms with van der Waals surface area (Å²) in [6.45, 7) is 2.78. The van der Waals surface area contributed by atoms with Crippen LogP contribution in [0.2, 0.25) is 13.1 Å². The SMILES string of the molecule is C[Si](C)(F)c1cc(F)cc(F)c1. The normalized spacial score (nSPS) is 11.8. The highest BCUT2D eigenvalue weighted by molar-refractivity contribution is 6.83. The Hall–Kier alpha value is -0.773. The fourth-order valence-corrected chi connectivity index (χ4v) is 1.86. The number of benzene rings is 1. The van der Waals surface area contributed by atoms with Crippen LogP contribution in [0.4, 0.5) is 12.9 Å². The molecule has 0 nitrogen and oxygen atoms in total. The van der Waals surface area contributed by atoms with Crippen molar-refractivity contribution >= 4 is 13.6 Å². The lowest BCUT2D eigenvalue weighted by Crippen LogP contribution is -2.36. The number of hydrogen-bond acceptors (Lipinski definition) is 0. The monoisotopic (exact) mass is 190 g/mol. The fourth-order valence-electron chi connectivity index (χ4n) is 0.897. The average Bonchev–Trinajstić information content (AvgIpc) is 1.82. The van der Waals surface area contributed by atoms with Crippen molar-refractivity contribution in [1.29, 1.82) is 0 Å². The van der Waals surface area contributed by atoms with E-state index in [0.717, 1.165) is 18.2 Å². The Morgan fingerprint density at radius 1 is 1.00 bits per heavy atom. The summed E-state index contributed by atoms with van der Waals surface area (Å²) in [5, 5.41) is 0.153. The second-order valence-corrected chi connectivity index (χ2v) is 6.65. The molecule has 66 valence electrons. The molecule has 0 bridgehead atoms. The van der Waals surface area contributed by atoms with Crippen LogP contribution in [0.1, 0.15) is 0 Å². The highest BCUT2D eigenvalue weighted by atomic mass is 28.4. The minimum absolute atomic E-state index is 0.153. The summed E-state index contributed by atoms with van der Waals surface area (Å²) in [7, 11) is -3.08. The van der Waals surface area contributed by atoms with E-state index in [-0.39, 0.29) is 5.19 Å². The van der Waals surface area contributed by atoms with Crippen LogP contribution in [0.25, 0.3) is 0 Å². The third kappa shape index (κ3) is 2.10. The lowest BCUT2D eigenvalue weighted by molar-refractivity contribution is 0.584. The van der Waals surface area contributed by atoms with E-state index in [9.17, 15) is 12.9 Å². The van der Waals surface area contributed by atoms with Crippen LogP contribution in [0.3, 0.4) is 0 Å². The third-order valence-electron chi connectivity index (χ3n) is 1.55. The molecule has 0 saturated carbocycles. The summed E-state index contributed by atoms with van der Waals surface area (Å²) in [5.74, 6) is -1.44. The van der Waals surface area contributed by atoms with E-state index < -0.39 is 20.0 Å². The molecule has 0 aliphatic heterocycles. The van der Waals surface area contributed by atoms with Crippen molar-refractivity contribution in [2.24, 2.45) is 0 Å². The summed E-state index contributed by atoms with van der Waals surface area (Å²) in [5.41, 5.74) is 0. The second kappa shape index (κ2) is 2.93. The first-order valence-electron chi connectivity index (χ1n) is 3.55. The molecule has 1 aromatic rings. The number of rotatable bonds is 1. The Morgan fingerprint density at radius 3 is 1.75 bits per heavy atom. The van der Waals surface area contributed by atoms with Crippen molar-refractivity contribution in [3.8, 4) is 0 Å². The molecule has 1 rings (SSSR count). The van der Waals surface area contributed by atoms with Crippen molar-refractivity contribution in [3.63, 3.8) is 0 Å². The van der Waals surface area contributed by atoms with Crippen LogP contribution in [-0.4, -0.2) is 8.41 Å². The Bertz CT molecular complexity index is 271. The minimum atomic E-state index is -3.08. The van der Waals surface area contributed by atoms with Gasteiger partial charge in [-0.1, -0.05) is 0 Å². The van der Waals surface area contributed by atoms with Crippen LogP contribution >= 0.6 is 0 Å². The molecule has 0 spiro atoms. The molecule has 12 heavy (non-hydrogen) atoms. The van der Waals surface area contributed by atoms with Gasteiger partial charge < -0.3 is 4.11 Å². The molecular weight excluding hydrogens is 181 g/mol. The summed E-state index contributed by atoms with van der Waals surface area (Å²) in [4.78, 5) is 0. The van der Waals surface area contributed by atoms with Crippen molar-refractivity contribution in [2.45, 2.75) is 13.1 Å². The van der Waals surface area contributed by atoms with Crippen molar-refractivity contribution in [1.82, 2.24) is 0 Å². The van der Waals surface area contributed by atoms with Crippen LogP contribution < -0.4 is 5.19 Å². The maximum atomic E-state index is 13.3. The lowest BCUT2D eigenvalue weighted by Gasteiger charge is -2.10. The summed E-state index contributed by atoms with van der Waals surface area (Å²) in [6.07, 6.45) is 0. The van der Waals surface area contributed by atoms with Gasteiger partial charge in [-0.3, -0.25) is 0 Å². The van der Waals surface area contributed by atoms with E-state index >= 15 is 0 Å². The second-order valence-electron chi connectivity index (χ2n) is 3.13. The molecule has 0 fully saturated rings. The molecule has 0 radical (unpaired) electrons. The highest BCUT2D eigenvalue weighted by Gasteiger charge is 2.24. The molecule has 0 amide bonds. The van der Waals surface area contributed by atoms with Crippen LogP contribution in [0.15, 0.2) is 18.2 Å². The van der Waals surface area contributed by atoms with E-state index in [2.05, 4.69) is 0 Å². The smallest absolute Gasteiger partial charge is 0.271 e. The largest absolute Gasteiger partial charge is 0.308 e. The minimum Gasteiger partial charge on any atom is -0.308 e. The molecule has 1 aromatic carbocycles. The molecule has 0 aromatic heterocycles. The molecule has 0 unspecified atom stereocenters. The topological polar surface area (TPSA) is 0 Å². The van der Waals surface area contributed by atoms with Gasteiger partial charge in [0, 0.05) is 6.07 Å². The predicted octanol–water partition coefficient (Wildman–Crippen LogP) is 2.35. The zero-order valence-electron chi connectivity index (χ0n) is 6.87. The first-order chi connectivity index (χ1) is 5.39. The number of halogens is 3. The first kappa shape index (κ1) is 9.32. The zero-order valence-corrected chi connectivity index (χ0v) is 7.87. The van der Waals surface area contributed by atoms with Gasteiger partial charge in [-0.15, -0.1) is 0 Å². The number of hydrogen-bond donors (Lipinski definition) is 0. The Morgan fingerprint density at radius 2 is 1.42 bits per heavy atom.